The maximum atomic E-state index is 13.7. The molecule has 2 aromatic carbocycles. The molecule has 10 nitrogen and oxygen atoms in total. The monoisotopic (exact) mass is 590 g/mol. The molecule has 10 heteroatoms. The van der Waals surface area contributed by atoms with Crippen molar-refractivity contribution in [3.8, 4) is 22.5 Å². The number of H-pyrrole nitrogens is 1. The predicted octanol–water partition coefficient (Wildman–Crippen LogP) is 4.71. The lowest BCUT2D eigenvalue weighted by molar-refractivity contribution is -0.744. The molecular weight excluding hydrogens is 546 g/mol. The largest absolute Gasteiger partial charge is 0.461 e. The van der Waals surface area contributed by atoms with Gasteiger partial charge >= 0.3 is 5.97 Å². The average Bonchev–Trinajstić information content (AvgIpc) is 3.43. The highest BCUT2D eigenvalue weighted by atomic mass is 16.5. The van der Waals surface area contributed by atoms with E-state index in [1.165, 1.54) is 0 Å². The summed E-state index contributed by atoms with van der Waals surface area (Å²) in [4.78, 5) is 40.2. The zero-order valence-electron chi connectivity index (χ0n) is 25.4. The summed E-state index contributed by atoms with van der Waals surface area (Å²) in [5.41, 5.74) is 5.01. The molecule has 1 aliphatic rings. The highest BCUT2D eigenvalue weighted by Gasteiger charge is 2.33. The van der Waals surface area contributed by atoms with Gasteiger partial charge in [0.15, 0.2) is 0 Å². The van der Waals surface area contributed by atoms with Gasteiger partial charge in [-0.2, -0.15) is 4.68 Å². The number of hydrogen-bond donors (Lipinski definition) is 2. The van der Waals surface area contributed by atoms with Crippen LogP contribution >= 0.6 is 0 Å². The normalized spacial score (nSPS) is 12.0. The first-order valence-corrected chi connectivity index (χ1v) is 15.5. The smallest absolute Gasteiger partial charge is 0.305 e. The van der Waals surface area contributed by atoms with Crippen LogP contribution in [-0.4, -0.2) is 54.5 Å². The number of para-hydroxylation sites is 1. The second kappa shape index (κ2) is 16.6. The molecule has 1 aromatic heterocycles. The number of esters is 1. The number of rotatable bonds is 16. The third kappa shape index (κ3) is 8.73. The predicted molar refractivity (Wildman–Crippen MR) is 164 cm³/mol. The number of nitrogens with one attached hydrogen (secondary N) is 2. The van der Waals surface area contributed by atoms with E-state index in [1.807, 2.05) is 60.1 Å². The van der Waals surface area contributed by atoms with Crippen molar-refractivity contribution < 1.29 is 28.5 Å². The highest BCUT2D eigenvalue weighted by molar-refractivity contribution is 6.00. The Kier molecular flexibility index (Phi) is 12.3. The number of hydrogen-bond acceptors (Lipinski definition) is 6. The number of carbonyl (C=O) groups excluding carboxylic acids is 3. The van der Waals surface area contributed by atoms with E-state index in [0.717, 1.165) is 65.9 Å². The summed E-state index contributed by atoms with van der Waals surface area (Å²) in [6.07, 6.45) is 5.61. The minimum Gasteiger partial charge on any atom is -0.461 e. The number of nitrogens with zero attached hydrogens (tertiary/aromatic N) is 3. The van der Waals surface area contributed by atoms with Gasteiger partial charge in [0.1, 0.15) is 13.2 Å². The fourth-order valence-electron chi connectivity index (χ4n) is 5.21. The van der Waals surface area contributed by atoms with Crippen LogP contribution in [0.5, 0.6) is 0 Å². The summed E-state index contributed by atoms with van der Waals surface area (Å²) in [7, 11) is 0. The first-order valence-electron chi connectivity index (χ1n) is 15.5. The van der Waals surface area contributed by atoms with Crippen molar-refractivity contribution in [1.82, 2.24) is 15.6 Å². The number of aromatic nitrogens is 3. The molecule has 3 aromatic rings. The van der Waals surface area contributed by atoms with E-state index in [1.54, 1.807) is 4.90 Å². The Balaban J connectivity index is 1.53. The van der Waals surface area contributed by atoms with Crippen LogP contribution in [0.4, 0.5) is 5.69 Å². The minimum absolute atomic E-state index is 0.0740. The van der Waals surface area contributed by atoms with Gasteiger partial charge in [-0.05, 0) is 36.6 Å². The number of amides is 2. The van der Waals surface area contributed by atoms with Crippen LogP contribution < -0.4 is 14.9 Å². The third-order valence-corrected chi connectivity index (χ3v) is 7.42. The van der Waals surface area contributed by atoms with E-state index in [4.69, 9.17) is 9.47 Å². The lowest BCUT2D eigenvalue weighted by Crippen LogP contribution is -2.41. The Hall–Kier alpha value is -4.05. The molecule has 1 aliphatic heterocycles. The summed E-state index contributed by atoms with van der Waals surface area (Å²) < 4.78 is 12.8. The van der Waals surface area contributed by atoms with Gasteiger partial charge in [-0.3, -0.25) is 14.4 Å². The van der Waals surface area contributed by atoms with E-state index in [0.29, 0.717) is 39.3 Å². The summed E-state index contributed by atoms with van der Waals surface area (Å²) >= 11 is 0. The van der Waals surface area contributed by atoms with E-state index < -0.39 is 0 Å². The summed E-state index contributed by atoms with van der Waals surface area (Å²) in [5, 5.41) is 10.6. The standard InChI is InChI=1S/C33H43N5O5/c1-3-5-6-7-16-31(41)43-23-20-38-33-27-14-10-11-15-28(27)37(24-25-12-8-9-13-26(25)32(33)35-36-38)30(40)18-17-29(39)34-19-22-42-21-4-2/h8-15H,3-7,16-24H2,1-2H3,(H,34,39)/p+1. The lowest BCUT2D eigenvalue weighted by atomic mass is 9.95. The maximum Gasteiger partial charge on any atom is 0.305 e. The van der Waals surface area contributed by atoms with Gasteiger partial charge < -0.3 is 19.7 Å². The van der Waals surface area contributed by atoms with Crippen molar-refractivity contribution >= 4 is 23.5 Å². The van der Waals surface area contributed by atoms with Gasteiger partial charge in [-0.25, -0.2) is 0 Å². The number of aromatic amines is 1. The SMILES string of the molecule is CCCCCCC(=O)OCC[n+]1[nH]nc2c1-c1ccccc1N(C(=O)CCC(=O)NCCOCCC)Cc1ccccc1-2. The summed E-state index contributed by atoms with van der Waals surface area (Å²) in [5.74, 6) is -0.515. The molecule has 2 N–H and O–H groups in total. The zero-order valence-corrected chi connectivity index (χ0v) is 25.4. The van der Waals surface area contributed by atoms with E-state index in [-0.39, 0.29) is 37.2 Å². The van der Waals surface area contributed by atoms with Gasteiger partial charge in [0.25, 0.3) is 5.69 Å². The molecule has 4 rings (SSSR count). The van der Waals surface area contributed by atoms with Crippen LogP contribution in [0.25, 0.3) is 22.5 Å². The quantitative estimate of drug-likeness (QED) is 0.142. The number of benzene rings is 2. The van der Waals surface area contributed by atoms with Crippen LogP contribution in [0.2, 0.25) is 0 Å². The number of fused-ring (bicyclic) bond motifs is 5. The number of carbonyl (C=O) groups is 3. The van der Waals surface area contributed by atoms with Crippen molar-refractivity contribution in [2.45, 2.75) is 78.3 Å². The Labute approximate surface area is 253 Å². The van der Waals surface area contributed by atoms with Crippen LogP contribution in [0, 0.1) is 0 Å². The van der Waals surface area contributed by atoms with Crippen molar-refractivity contribution in [1.29, 1.82) is 0 Å². The molecule has 0 saturated heterocycles. The molecule has 0 unspecified atom stereocenters. The lowest BCUT2D eigenvalue weighted by Gasteiger charge is -2.27. The topological polar surface area (TPSA) is 118 Å². The van der Waals surface area contributed by atoms with Gasteiger partial charge in [0.05, 0.1) is 24.4 Å². The summed E-state index contributed by atoms with van der Waals surface area (Å²) in [6.45, 7) is 6.65. The van der Waals surface area contributed by atoms with Crippen LogP contribution in [0.15, 0.2) is 48.5 Å². The van der Waals surface area contributed by atoms with Crippen LogP contribution in [0.3, 0.4) is 0 Å². The van der Waals surface area contributed by atoms with E-state index in [2.05, 4.69) is 22.6 Å². The number of anilines is 1. The zero-order chi connectivity index (χ0) is 30.4. The molecule has 0 aliphatic carbocycles. The molecular formula is C33H44N5O5+. The Morgan fingerprint density at radius 1 is 0.907 bits per heavy atom. The van der Waals surface area contributed by atoms with Crippen molar-refractivity contribution in [2.75, 3.05) is 31.3 Å². The van der Waals surface area contributed by atoms with Crippen molar-refractivity contribution in [3.63, 3.8) is 0 Å². The molecule has 0 bridgehead atoms. The second-order valence-electron chi connectivity index (χ2n) is 10.7. The minimum atomic E-state index is -0.195. The van der Waals surface area contributed by atoms with Crippen molar-refractivity contribution in [2.24, 2.45) is 0 Å². The second-order valence-corrected chi connectivity index (χ2v) is 10.7. The molecule has 0 atom stereocenters. The fraction of sp³-hybridized carbons (Fsp3) is 0.485. The summed E-state index contributed by atoms with van der Waals surface area (Å²) in [6, 6.07) is 15.6. The molecule has 43 heavy (non-hydrogen) atoms. The fourth-order valence-corrected chi connectivity index (χ4v) is 5.21. The number of unbranched alkanes of at least 4 members (excludes halogenated alkanes) is 3. The first-order chi connectivity index (χ1) is 21.0. The Morgan fingerprint density at radius 2 is 1.70 bits per heavy atom. The van der Waals surface area contributed by atoms with E-state index in [9.17, 15) is 14.4 Å². The Bertz CT molecular complexity index is 1370. The third-order valence-electron chi connectivity index (χ3n) is 7.42. The maximum absolute atomic E-state index is 13.7. The molecule has 0 fully saturated rings. The van der Waals surface area contributed by atoms with Crippen molar-refractivity contribution in [3.05, 3.63) is 54.1 Å². The van der Waals surface area contributed by atoms with E-state index >= 15 is 0 Å². The van der Waals surface area contributed by atoms with Gasteiger partial charge in [0.2, 0.25) is 17.5 Å². The van der Waals surface area contributed by atoms with Gasteiger partial charge in [-0.15, -0.1) is 0 Å². The molecule has 230 valence electrons. The average molecular weight is 591 g/mol. The molecule has 0 saturated carbocycles. The highest BCUT2D eigenvalue weighted by Crippen LogP contribution is 2.39. The molecule has 0 radical (unpaired) electrons. The molecule has 2 amide bonds. The van der Waals surface area contributed by atoms with Gasteiger partial charge in [0, 0.05) is 43.1 Å². The van der Waals surface area contributed by atoms with Crippen LogP contribution in [-0.2, 0) is 36.9 Å². The first kappa shape index (κ1) is 31.9. The Morgan fingerprint density at radius 3 is 2.51 bits per heavy atom. The number of ether oxygens (including phenoxy) is 2. The van der Waals surface area contributed by atoms with Gasteiger partial charge in [-0.1, -0.05) is 68.7 Å². The molecule has 2 heterocycles. The van der Waals surface area contributed by atoms with Crippen LogP contribution in [0.1, 0.15) is 70.8 Å². The molecule has 0 spiro atoms.